The van der Waals surface area contributed by atoms with E-state index in [1.807, 2.05) is 50.3 Å². The van der Waals surface area contributed by atoms with Gasteiger partial charge in [-0.2, -0.15) is 0 Å². The molecule has 0 unspecified atom stereocenters. The summed E-state index contributed by atoms with van der Waals surface area (Å²) in [6, 6.07) is 7.81. The molecule has 0 fully saturated rings. The molecule has 4 heteroatoms. The summed E-state index contributed by atoms with van der Waals surface area (Å²) in [6.07, 6.45) is 6.11. The van der Waals surface area contributed by atoms with E-state index in [-0.39, 0.29) is 5.97 Å². The van der Waals surface area contributed by atoms with Crippen LogP contribution in [0.1, 0.15) is 53.0 Å². The number of benzene rings is 1. The third kappa shape index (κ3) is 9.23. The van der Waals surface area contributed by atoms with Crippen molar-refractivity contribution in [1.82, 2.24) is 0 Å². The van der Waals surface area contributed by atoms with Crippen molar-refractivity contribution in [3.8, 4) is 5.75 Å². The zero-order chi connectivity index (χ0) is 20.9. The number of methoxy groups -OCH3 is 1. The molecule has 0 bridgehead atoms. The number of allylic oxidation sites excluding steroid dienone is 1. The molecule has 0 aliphatic heterocycles. The SMILES string of the molecule is CCOC(=O)C(=C\[C@H](C)C[C@@H](C)CC)/C=C(\C)COCc1ccc(OC)cc1. The van der Waals surface area contributed by atoms with Gasteiger partial charge < -0.3 is 14.2 Å². The van der Waals surface area contributed by atoms with Crippen molar-refractivity contribution < 1.29 is 19.0 Å². The van der Waals surface area contributed by atoms with E-state index in [1.54, 1.807) is 7.11 Å². The van der Waals surface area contributed by atoms with Crippen LogP contribution >= 0.6 is 0 Å². The lowest BCUT2D eigenvalue weighted by Crippen LogP contribution is -2.10. The second kappa shape index (κ2) is 13.2. The van der Waals surface area contributed by atoms with E-state index in [0.717, 1.165) is 29.7 Å². The average Bonchev–Trinajstić information content (AvgIpc) is 2.68. The summed E-state index contributed by atoms with van der Waals surface area (Å²) in [6.45, 7) is 11.7. The number of ether oxygens (including phenoxy) is 3. The van der Waals surface area contributed by atoms with E-state index in [2.05, 4.69) is 20.8 Å². The molecule has 1 aromatic carbocycles. The van der Waals surface area contributed by atoms with Crippen LogP contribution in [0.15, 0.2) is 47.6 Å². The second-order valence-corrected chi connectivity index (χ2v) is 7.40. The molecule has 0 aliphatic carbocycles. The Hall–Kier alpha value is -2.07. The van der Waals surface area contributed by atoms with E-state index in [9.17, 15) is 4.79 Å². The summed E-state index contributed by atoms with van der Waals surface area (Å²) in [5, 5.41) is 0. The van der Waals surface area contributed by atoms with Gasteiger partial charge in [-0.1, -0.05) is 45.4 Å². The Morgan fingerprint density at radius 3 is 2.39 bits per heavy atom. The van der Waals surface area contributed by atoms with Crippen LogP contribution in [0.25, 0.3) is 0 Å². The number of rotatable bonds is 12. The predicted molar refractivity (Wildman–Crippen MR) is 114 cm³/mol. The maximum Gasteiger partial charge on any atom is 0.337 e. The third-order valence-electron chi connectivity index (χ3n) is 4.61. The fraction of sp³-hybridized carbons (Fsp3) is 0.542. The normalized spacial score (nSPS) is 14.5. The minimum Gasteiger partial charge on any atom is -0.497 e. The molecule has 0 heterocycles. The molecule has 2 atom stereocenters. The van der Waals surface area contributed by atoms with Crippen LogP contribution in [0.2, 0.25) is 0 Å². The Labute approximate surface area is 170 Å². The molecule has 0 aromatic heterocycles. The highest BCUT2D eigenvalue weighted by molar-refractivity contribution is 5.91. The molecule has 0 radical (unpaired) electrons. The van der Waals surface area contributed by atoms with Gasteiger partial charge in [-0.25, -0.2) is 4.79 Å². The van der Waals surface area contributed by atoms with Crippen LogP contribution in [0.5, 0.6) is 5.75 Å². The summed E-state index contributed by atoms with van der Waals surface area (Å²) in [5.74, 6) is 1.51. The van der Waals surface area contributed by atoms with Crippen molar-refractivity contribution in [2.24, 2.45) is 11.8 Å². The molecule has 0 amide bonds. The van der Waals surface area contributed by atoms with Crippen LogP contribution in [0.4, 0.5) is 0 Å². The van der Waals surface area contributed by atoms with Gasteiger partial charge in [0, 0.05) is 0 Å². The first-order chi connectivity index (χ1) is 13.4. The molecule has 0 aliphatic rings. The monoisotopic (exact) mass is 388 g/mol. The lowest BCUT2D eigenvalue weighted by atomic mass is 9.93. The van der Waals surface area contributed by atoms with Crippen molar-refractivity contribution in [1.29, 1.82) is 0 Å². The van der Waals surface area contributed by atoms with Crippen molar-refractivity contribution in [3.05, 3.63) is 53.1 Å². The predicted octanol–water partition coefficient (Wildman–Crippen LogP) is 5.72. The smallest absolute Gasteiger partial charge is 0.337 e. The summed E-state index contributed by atoms with van der Waals surface area (Å²) in [4.78, 5) is 12.3. The molecule has 0 saturated heterocycles. The van der Waals surface area contributed by atoms with Crippen molar-refractivity contribution in [3.63, 3.8) is 0 Å². The van der Waals surface area contributed by atoms with Gasteiger partial charge in [0.1, 0.15) is 5.75 Å². The zero-order valence-electron chi connectivity index (χ0n) is 18.3. The number of carbonyl (C=O) groups is 1. The van der Waals surface area contributed by atoms with E-state index in [4.69, 9.17) is 14.2 Å². The molecule has 156 valence electrons. The molecule has 1 aromatic rings. The molecular weight excluding hydrogens is 352 g/mol. The Kier molecular flexibility index (Phi) is 11.3. The van der Waals surface area contributed by atoms with Crippen molar-refractivity contribution in [2.75, 3.05) is 20.3 Å². The quantitative estimate of drug-likeness (QED) is 0.261. The minimum absolute atomic E-state index is 0.270. The minimum atomic E-state index is -0.270. The van der Waals surface area contributed by atoms with Crippen LogP contribution in [0, 0.1) is 11.8 Å². The molecule has 28 heavy (non-hydrogen) atoms. The first kappa shape index (κ1) is 24.0. The lowest BCUT2D eigenvalue weighted by Gasteiger charge is -2.14. The first-order valence-corrected chi connectivity index (χ1v) is 10.2. The topological polar surface area (TPSA) is 44.8 Å². The molecule has 0 N–H and O–H groups in total. The highest BCUT2D eigenvalue weighted by Crippen LogP contribution is 2.19. The number of esters is 1. The van der Waals surface area contributed by atoms with Crippen LogP contribution < -0.4 is 4.74 Å². The number of hydrogen-bond acceptors (Lipinski definition) is 4. The fourth-order valence-corrected chi connectivity index (χ4v) is 2.92. The standard InChI is InChI=1S/C24H36O4/c1-7-18(3)13-19(4)14-22(24(25)28-8-2)15-20(5)16-27-17-21-9-11-23(26-6)12-10-21/h9-12,14-15,18-19H,7-8,13,16-17H2,1-6H3/b20-15+,22-14-/t18-,19+/m0/s1. The number of hydrogen-bond donors (Lipinski definition) is 0. The third-order valence-corrected chi connectivity index (χ3v) is 4.61. The van der Waals surface area contributed by atoms with Gasteiger partial charge in [0.15, 0.2) is 0 Å². The van der Waals surface area contributed by atoms with E-state index in [0.29, 0.717) is 37.2 Å². The first-order valence-electron chi connectivity index (χ1n) is 10.2. The van der Waals surface area contributed by atoms with Gasteiger partial charge >= 0.3 is 5.97 Å². The summed E-state index contributed by atoms with van der Waals surface area (Å²) < 4.78 is 16.2. The van der Waals surface area contributed by atoms with Crippen LogP contribution in [0.3, 0.4) is 0 Å². The summed E-state index contributed by atoms with van der Waals surface area (Å²) in [5.41, 5.74) is 2.68. The molecule has 0 spiro atoms. The molecule has 1 rings (SSSR count). The van der Waals surface area contributed by atoms with Crippen LogP contribution in [-0.4, -0.2) is 26.3 Å². The largest absolute Gasteiger partial charge is 0.497 e. The zero-order valence-corrected chi connectivity index (χ0v) is 18.3. The molecule has 4 nitrogen and oxygen atoms in total. The van der Waals surface area contributed by atoms with Gasteiger partial charge in [0.2, 0.25) is 0 Å². The summed E-state index contributed by atoms with van der Waals surface area (Å²) in [7, 11) is 1.65. The summed E-state index contributed by atoms with van der Waals surface area (Å²) >= 11 is 0. The van der Waals surface area contributed by atoms with E-state index >= 15 is 0 Å². The maximum atomic E-state index is 12.3. The Balaban J connectivity index is 2.71. The molecular formula is C24H36O4. The highest BCUT2D eigenvalue weighted by atomic mass is 16.5. The van der Waals surface area contributed by atoms with E-state index < -0.39 is 0 Å². The van der Waals surface area contributed by atoms with Gasteiger partial charge in [0.05, 0.1) is 32.5 Å². The van der Waals surface area contributed by atoms with Gasteiger partial charge in [-0.15, -0.1) is 0 Å². The Morgan fingerprint density at radius 2 is 1.82 bits per heavy atom. The second-order valence-electron chi connectivity index (χ2n) is 7.40. The Morgan fingerprint density at radius 1 is 1.14 bits per heavy atom. The average molecular weight is 389 g/mol. The van der Waals surface area contributed by atoms with Crippen molar-refractivity contribution in [2.45, 2.75) is 54.1 Å². The van der Waals surface area contributed by atoms with Crippen molar-refractivity contribution >= 4 is 5.97 Å². The van der Waals surface area contributed by atoms with Gasteiger partial charge in [-0.3, -0.25) is 0 Å². The lowest BCUT2D eigenvalue weighted by molar-refractivity contribution is -0.138. The number of carbonyl (C=O) groups excluding carboxylic acids is 1. The molecule has 0 saturated carbocycles. The Bertz CT molecular complexity index is 643. The fourth-order valence-electron chi connectivity index (χ4n) is 2.92. The highest BCUT2D eigenvalue weighted by Gasteiger charge is 2.12. The van der Waals surface area contributed by atoms with Crippen LogP contribution in [-0.2, 0) is 20.9 Å². The van der Waals surface area contributed by atoms with Gasteiger partial charge in [0.25, 0.3) is 0 Å². The van der Waals surface area contributed by atoms with E-state index in [1.165, 1.54) is 0 Å². The van der Waals surface area contributed by atoms with Gasteiger partial charge in [-0.05, 0) is 61.4 Å². The maximum absolute atomic E-state index is 12.3.